The summed E-state index contributed by atoms with van der Waals surface area (Å²) in [4.78, 5) is 21.0. The highest BCUT2D eigenvalue weighted by atomic mass is 32.1. The minimum absolute atomic E-state index is 0.291. The van der Waals surface area contributed by atoms with Gasteiger partial charge in [0.1, 0.15) is 40.5 Å². The van der Waals surface area contributed by atoms with Crippen molar-refractivity contribution in [1.82, 2.24) is 24.9 Å². The van der Waals surface area contributed by atoms with Crippen LogP contribution in [0.5, 0.6) is 11.5 Å². The molecule has 0 amide bonds. The molecule has 0 aliphatic carbocycles. The lowest BCUT2D eigenvalue weighted by molar-refractivity contribution is 0.474. The van der Waals surface area contributed by atoms with E-state index in [0.29, 0.717) is 11.5 Å². The molecule has 2 aromatic carbocycles. The van der Waals surface area contributed by atoms with Crippen LogP contribution >= 0.6 is 22.7 Å². The van der Waals surface area contributed by atoms with Crippen molar-refractivity contribution in [2.45, 2.75) is 12.8 Å². The van der Waals surface area contributed by atoms with Gasteiger partial charge in [0, 0.05) is 13.1 Å². The molecule has 0 atom stereocenters. The molecule has 4 heterocycles. The zero-order chi connectivity index (χ0) is 26.2. The molecule has 6 rings (SSSR count). The van der Waals surface area contributed by atoms with Gasteiger partial charge >= 0.3 is 0 Å². The van der Waals surface area contributed by atoms with E-state index in [-0.39, 0.29) is 0 Å². The van der Waals surface area contributed by atoms with Gasteiger partial charge in [-0.3, -0.25) is 0 Å². The van der Waals surface area contributed by atoms with Crippen LogP contribution in [0.2, 0.25) is 0 Å². The second-order valence-electron chi connectivity index (χ2n) is 8.27. The average molecular weight is 544 g/mol. The van der Waals surface area contributed by atoms with E-state index >= 15 is 0 Å². The lowest BCUT2D eigenvalue weighted by atomic mass is 10.1. The highest BCUT2D eigenvalue weighted by molar-refractivity contribution is 7.17. The summed E-state index contributed by atoms with van der Waals surface area (Å²) in [5.41, 5.74) is 5.82. The molecule has 0 aliphatic rings. The number of thiophene rings is 1. The number of thiazole rings is 1. The Bertz CT molecular complexity index is 1480. The van der Waals surface area contributed by atoms with E-state index in [1.807, 2.05) is 35.7 Å². The van der Waals surface area contributed by atoms with Crippen LogP contribution in [0.1, 0.15) is 11.1 Å². The average Bonchev–Trinajstić information content (AvgIpc) is 3.62. The van der Waals surface area contributed by atoms with E-state index in [1.54, 1.807) is 47.4 Å². The normalized spacial score (nSPS) is 10.7. The van der Waals surface area contributed by atoms with Crippen molar-refractivity contribution in [3.63, 3.8) is 0 Å². The maximum absolute atomic E-state index is 9.22. The number of nitrogens with zero attached hydrogens (tertiary/aromatic N) is 5. The van der Waals surface area contributed by atoms with Crippen LogP contribution in [-0.2, 0) is 12.8 Å². The third-order valence-corrected chi connectivity index (χ3v) is 7.39. The number of aromatic nitrogens is 5. The second-order valence-corrected chi connectivity index (χ2v) is 10.0. The Labute approximate surface area is 226 Å². The molecule has 6 aromatic rings. The molecule has 0 saturated heterocycles. The Morgan fingerprint density at radius 3 is 1.82 bits per heavy atom. The smallest absolute Gasteiger partial charge is 0.175 e. The zero-order valence-corrected chi connectivity index (χ0v) is 21.9. The van der Waals surface area contributed by atoms with Crippen molar-refractivity contribution in [3.05, 3.63) is 89.3 Å². The van der Waals surface area contributed by atoms with Gasteiger partial charge in [0.05, 0.1) is 15.7 Å². The molecule has 0 bridgehead atoms. The standard InChI is InChI=1S/C14H13N3OS.C13H12N4OS/c18-11-3-1-10(2-4-11)5-7-15-14-13-12(6-8-19-13)16-9-17-14;18-10-3-1-9(2-4-10)5-6-14-12-11-13(16-7-15-12)17-8-19-11/h1-4,6,8-9,18H,5,7H2,(H,15,16,17);1-4,7-8,18H,5-6H2,(H,14,15,16). The number of hydrogen-bond acceptors (Lipinski definition) is 11. The fraction of sp³-hybridized carbons (Fsp3) is 0.148. The van der Waals surface area contributed by atoms with E-state index in [1.165, 1.54) is 28.8 Å². The maximum Gasteiger partial charge on any atom is 0.175 e. The molecule has 0 spiro atoms. The predicted molar refractivity (Wildman–Crippen MR) is 153 cm³/mol. The lowest BCUT2D eigenvalue weighted by Gasteiger charge is -2.06. The highest BCUT2D eigenvalue weighted by Gasteiger charge is 2.06. The number of phenolic OH excluding ortho intramolecular Hbond substituents is 2. The Balaban J connectivity index is 0.000000155. The summed E-state index contributed by atoms with van der Waals surface area (Å²) >= 11 is 3.17. The Kier molecular flexibility index (Phi) is 8.16. The van der Waals surface area contributed by atoms with Gasteiger partial charge in [-0.25, -0.2) is 24.9 Å². The number of fused-ring (bicyclic) bond motifs is 2. The van der Waals surface area contributed by atoms with E-state index in [2.05, 4.69) is 35.6 Å². The van der Waals surface area contributed by atoms with Crippen LogP contribution in [0, 0.1) is 0 Å². The van der Waals surface area contributed by atoms with Crippen LogP contribution in [0.3, 0.4) is 0 Å². The molecule has 0 radical (unpaired) electrons. The van der Waals surface area contributed by atoms with E-state index in [0.717, 1.165) is 58.1 Å². The number of phenols is 2. The largest absolute Gasteiger partial charge is 0.508 e. The first-order valence-electron chi connectivity index (χ1n) is 11.9. The minimum atomic E-state index is 0.291. The molecule has 4 N–H and O–H groups in total. The summed E-state index contributed by atoms with van der Waals surface area (Å²) in [5.74, 6) is 2.30. The molecule has 0 unspecified atom stereocenters. The van der Waals surface area contributed by atoms with Crippen molar-refractivity contribution in [3.8, 4) is 11.5 Å². The van der Waals surface area contributed by atoms with Crippen LogP contribution in [-0.4, -0.2) is 48.2 Å². The summed E-state index contributed by atoms with van der Waals surface area (Å²) < 4.78 is 2.07. The monoisotopic (exact) mass is 543 g/mol. The summed E-state index contributed by atoms with van der Waals surface area (Å²) in [7, 11) is 0. The van der Waals surface area contributed by atoms with E-state index in [4.69, 9.17) is 0 Å². The number of anilines is 2. The van der Waals surface area contributed by atoms with Crippen LogP contribution in [0.25, 0.3) is 20.6 Å². The van der Waals surface area contributed by atoms with Crippen molar-refractivity contribution < 1.29 is 10.2 Å². The van der Waals surface area contributed by atoms with Crippen LogP contribution in [0.15, 0.2) is 78.1 Å². The molecule has 4 aromatic heterocycles. The minimum Gasteiger partial charge on any atom is -0.508 e. The van der Waals surface area contributed by atoms with Gasteiger partial charge in [-0.05, 0) is 59.7 Å². The number of rotatable bonds is 8. The molecule has 11 heteroatoms. The quantitative estimate of drug-likeness (QED) is 0.197. The lowest BCUT2D eigenvalue weighted by Crippen LogP contribution is -2.06. The first kappa shape index (κ1) is 25.3. The second kappa shape index (κ2) is 12.3. The molecular weight excluding hydrogens is 518 g/mol. The predicted octanol–water partition coefficient (Wildman–Crippen LogP) is 5.50. The molecule has 9 nitrogen and oxygen atoms in total. The van der Waals surface area contributed by atoms with Gasteiger partial charge in [-0.1, -0.05) is 24.3 Å². The maximum atomic E-state index is 9.22. The topological polar surface area (TPSA) is 129 Å². The molecule has 0 aliphatic heterocycles. The first-order chi connectivity index (χ1) is 18.7. The SMILES string of the molecule is Oc1ccc(CCNc2ncnc3ccsc23)cc1.Oc1ccc(CCNc2ncnc3ncsc23)cc1. The zero-order valence-electron chi connectivity index (χ0n) is 20.3. The molecule has 38 heavy (non-hydrogen) atoms. The van der Waals surface area contributed by atoms with Gasteiger partial charge in [0.2, 0.25) is 0 Å². The summed E-state index contributed by atoms with van der Waals surface area (Å²) in [6.07, 6.45) is 4.85. The number of nitrogens with one attached hydrogen (secondary N) is 2. The van der Waals surface area contributed by atoms with E-state index in [9.17, 15) is 10.2 Å². The molecular formula is C27H25N7O2S2. The van der Waals surface area contributed by atoms with E-state index < -0.39 is 0 Å². The highest BCUT2D eigenvalue weighted by Crippen LogP contribution is 2.25. The van der Waals surface area contributed by atoms with Gasteiger partial charge < -0.3 is 20.8 Å². The van der Waals surface area contributed by atoms with Gasteiger partial charge in [0.15, 0.2) is 5.65 Å². The Morgan fingerprint density at radius 1 is 0.605 bits per heavy atom. The van der Waals surface area contributed by atoms with Crippen molar-refractivity contribution in [2.75, 3.05) is 23.7 Å². The first-order valence-corrected chi connectivity index (χ1v) is 13.7. The number of benzene rings is 2. The van der Waals surface area contributed by atoms with Crippen molar-refractivity contribution >= 4 is 54.9 Å². The fourth-order valence-electron chi connectivity index (χ4n) is 3.71. The number of hydrogen-bond donors (Lipinski definition) is 4. The summed E-state index contributed by atoms with van der Waals surface area (Å²) in [5, 5.41) is 27.1. The number of aromatic hydroxyl groups is 2. The summed E-state index contributed by atoms with van der Waals surface area (Å²) in [6.45, 7) is 1.57. The Hall–Kier alpha value is -4.35. The van der Waals surface area contributed by atoms with Gasteiger partial charge in [0.25, 0.3) is 0 Å². The fourth-order valence-corrected chi connectivity index (χ4v) is 5.23. The molecule has 0 fully saturated rings. The van der Waals surface area contributed by atoms with Crippen molar-refractivity contribution in [2.24, 2.45) is 0 Å². The van der Waals surface area contributed by atoms with Crippen LogP contribution in [0.4, 0.5) is 11.6 Å². The van der Waals surface area contributed by atoms with Gasteiger partial charge in [-0.15, -0.1) is 22.7 Å². The Morgan fingerprint density at radius 2 is 1.18 bits per heavy atom. The van der Waals surface area contributed by atoms with Crippen molar-refractivity contribution in [1.29, 1.82) is 0 Å². The molecule has 192 valence electrons. The van der Waals surface area contributed by atoms with Gasteiger partial charge in [-0.2, -0.15) is 0 Å². The summed E-state index contributed by atoms with van der Waals surface area (Å²) in [6, 6.07) is 16.5. The van der Waals surface area contributed by atoms with Crippen LogP contribution < -0.4 is 10.6 Å². The molecule has 0 saturated carbocycles. The third-order valence-electron chi connectivity index (χ3n) is 5.66. The third kappa shape index (κ3) is 6.50.